The number of hydrogen-bond acceptors (Lipinski definition) is 3. The Morgan fingerprint density at radius 2 is 1.75 bits per heavy atom. The predicted molar refractivity (Wildman–Crippen MR) is 60.1 cm³/mol. The summed E-state index contributed by atoms with van der Waals surface area (Å²) >= 11 is 5.90. The molecule has 0 radical (unpaired) electrons. The normalized spacial score (nSPS) is 16.3. The van der Waals surface area contributed by atoms with E-state index in [9.17, 15) is 9.59 Å². The first-order chi connectivity index (χ1) is 7.54. The van der Waals surface area contributed by atoms with E-state index in [1.54, 1.807) is 26.0 Å². The van der Waals surface area contributed by atoms with Crippen molar-refractivity contribution in [1.82, 2.24) is 4.98 Å². The summed E-state index contributed by atoms with van der Waals surface area (Å²) in [5, 5.41) is 0.284. The quantitative estimate of drug-likeness (QED) is 0.701. The molecule has 82 valence electrons. The van der Waals surface area contributed by atoms with Crippen molar-refractivity contribution in [3.63, 3.8) is 0 Å². The molecule has 0 aromatic carbocycles. The molecule has 2 amide bonds. The van der Waals surface area contributed by atoms with Gasteiger partial charge in [-0.1, -0.05) is 11.6 Å². The van der Waals surface area contributed by atoms with Crippen LogP contribution in [0.3, 0.4) is 0 Å². The van der Waals surface area contributed by atoms with Gasteiger partial charge in [0.2, 0.25) is 0 Å². The maximum atomic E-state index is 11.8. The first-order valence-electron chi connectivity index (χ1n) is 4.71. The largest absolute Gasteiger partial charge is 0.269 e. The minimum atomic E-state index is -0.358. The molecule has 1 aliphatic rings. The van der Waals surface area contributed by atoms with Crippen LogP contribution in [0.1, 0.15) is 13.8 Å². The average Bonchev–Trinajstić information content (AvgIpc) is 2.45. The summed E-state index contributed by atoms with van der Waals surface area (Å²) in [6.45, 7) is 3.23. The number of carbonyl (C=O) groups excluding carboxylic acids is 2. The molecule has 5 heteroatoms. The van der Waals surface area contributed by atoms with Gasteiger partial charge in [0.25, 0.3) is 11.8 Å². The third kappa shape index (κ3) is 1.42. The Morgan fingerprint density at radius 1 is 1.19 bits per heavy atom. The van der Waals surface area contributed by atoms with Gasteiger partial charge >= 0.3 is 0 Å². The first kappa shape index (κ1) is 10.8. The second-order valence-electron chi connectivity index (χ2n) is 3.50. The lowest BCUT2D eigenvalue weighted by molar-refractivity contribution is -0.120. The summed E-state index contributed by atoms with van der Waals surface area (Å²) in [4.78, 5) is 28.6. The van der Waals surface area contributed by atoms with Crippen molar-refractivity contribution >= 4 is 29.2 Å². The minimum Gasteiger partial charge on any atom is -0.269 e. The zero-order valence-corrected chi connectivity index (χ0v) is 9.58. The highest BCUT2D eigenvalue weighted by atomic mass is 35.5. The van der Waals surface area contributed by atoms with Crippen LogP contribution in [0.25, 0.3) is 0 Å². The summed E-state index contributed by atoms with van der Waals surface area (Å²) in [6, 6.07) is 3.23. The number of hydrogen-bond donors (Lipinski definition) is 0. The Morgan fingerprint density at radius 3 is 2.25 bits per heavy atom. The van der Waals surface area contributed by atoms with Gasteiger partial charge in [0, 0.05) is 17.3 Å². The summed E-state index contributed by atoms with van der Waals surface area (Å²) in [5.74, 6) is -0.526. The molecule has 2 rings (SSSR count). The molecule has 0 atom stereocenters. The van der Waals surface area contributed by atoms with Crippen molar-refractivity contribution in [3.8, 4) is 0 Å². The Bertz CT molecular complexity index is 498. The number of nitrogens with zero attached hydrogens (tertiary/aromatic N) is 2. The monoisotopic (exact) mass is 236 g/mol. The summed E-state index contributed by atoms with van der Waals surface area (Å²) in [6.07, 6.45) is 1.49. The van der Waals surface area contributed by atoms with E-state index in [1.807, 2.05) is 0 Å². The molecule has 1 aromatic rings. The lowest BCUT2D eigenvalue weighted by Crippen LogP contribution is -2.32. The Balaban J connectivity index is 2.51. The maximum absolute atomic E-state index is 11.8. The highest BCUT2D eigenvalue weighted by Crippen LogP contribution is 2.29. The number of imide groups is 1. The zero-order chi connectivity index (χ0) is 11.9. The Labute approximate surface area is 97.5 Å². The van der Waals surface area contributed by atoms with E-state index in [1.165, 1.54) is 6.20 Å². The second-order valence-corrected chi connectivity index (χ2v) is 3.91. The fourth-order valence-corrected chi connectivity index (χ4v) is 1.69. The number of halogens is 1. The van der Waals surface area contributed by atoms with Crippen LogP contribution in [0.5, 0.6) is 0 Å². The van der Waals surface area contributed by atoms with Crippen LogP contribution in [0.4, 0.5) is 5.82 Å². The number of rotatable bonds is 1. The van der Waals surface area contributed by atoms with Gasteiger partial charge in [-0.3, -0.25) is 9.59 Å². The molecule has 0 spiro atoms. The van der Waals surface area contributed by atoms with Gasteiger partial charge in [-0.2, -0.15) is 0 Å². The minimum absolute atomic E-state index is 0.190. The van der Waals surface area contributed by atoms with Gasteiger partial charge in [-0.05, 0) is 26.0 Å². The third-order valence-electron chi connectivity index (χ3n) is 2.56. The Hall–Kier alpha value is -1.68. The predicted octanol–water partition coefficient (Wildman–Crippen LogP) is 1.94. The van der Waals surface area contributed by atoms with Crippen LogP contribution in [0, 0.1) is 0 Å². The molecule has 0 fully saturated rings. The lowest BCUT2D eigenvalue weighted by Gasteiger charge is -2.14. The van der Waals surface area contributed by atoms with Crippen LogP contribution in [-0.2, 0) is 9.59 Å². The smallest absolute Gasteiger partial charge is 0.262 e. The van der Waals surface area contributed by atoms with Crippen LogP contribution >= 0.6 is 11.6 Å². The molecule has 0 aliphatic carbocycles. The number of pyridine rings is 1. The van der Waals surface area contributed by atoms with Gasteiger partial charge in [-0.25, -0.2) is 9.88 Å². The standard InChI is InChI=1S/C11H9ClN2O2/c1-6-7(2)11(16)14(10(6)15)9-8(12)4-3-5-13-9/h3-5H,1-2H3. The van der Waals surface area contributed by atoms with Crippen LogP contribution in [0.2, 0.25) is 5.02 Å². The molecule has 16 heavy (non-hydrogen) atoms. The maximum Gasteiger partial charge on any atom is 0.262 e. The highest BCUT2D eigenvalue weighted by Gasteiger charge is 2.36. The topological polar surface area (TPSA) is 50.3 Å². The van der Waals surface area contributed by atoms with Crippen molar-refractivity contribution in [1.29, 1.82) is 0 Å². The Kier molecular flexibility index (Phi) is 2.52. The van der Waals surface area contributed by atoms with Gasteiger partial charge in [0.05, 0.1) is 5.02 Å². The van der Waals surface area contributed by atoms with E-state index in [2.05, 4.69) is 4.98 Å². The third-order valence-corrected chi connectivity index (χ3v) is 2.86. The molecule has 0 saturated carbocycles. The van der Waals surface area contributed by atoms with Crippen LogP contribution in [0.15, 0.2) is 29.5 Å². The van der Waals surface area contributed by atoms with Gasteiger partial charge in [0.15, 0.2) is 5.82 Å². The summed E-state index contributed by atoms with van der Waals surface area (Å²) in [7, 11) is 0. The summed E-state index contributed by atoms with van der Waals surface area (Å²) in [5.41, 5.74) is 0.874. The van der Waals surface area contributed by atoms with Crippen molar-refractivity contribution in [2.75, 3.05) is 4.90 Å². The molecular formula is C11H9ClN2O2. The van der Waals surface area contributed by atoms with E-state index in [4.69, 9.17) is 11.6 Å². The molecule has 1 aliphatic heterocycles. The van der Waals surface area contributed by atoms with E-state index >= 15 is 0 Å². The van der Waals surface area contributed by atoms with E-state index in [0.29, 0.717) is 11.1 Å². The van der Waals surface area contributed by atoms with Crippen LogP contribution < -0.4 is 4.90 Å². The molecule has 2 heterocycles. The van der Waals surface area contributed by atoms with Crippen molar-refractivity contribution < 1.29 is 9.59 Å². The van der Waals surface area contributed by atoms with E-state index < -0.39 is 0 Å². The molecule has 1 aromatic heterocycles. The number of anilines is 1. The van der Waals surface area contributed by atoms with Crippen molar-refractivity contribution in [2.45, 2.75) is 13.8 Å². The second kappa shape index (κ2) is 3.72. The van der Waals surface area contributed by atoms with Crippen molar-refractivity contribution in [3.05, 3.63) is 34.5 Å². The van der Waals surface area contributed by atoms with Gasteiger partial charge < -0.3 is 0 Å². The molecule has 0 bridgehead atoms. The fourth-order valence-electron chi connectivity index (χ4n) is 1.48. The zero-order valence-electron chi connectivity index (χ0n) is 8.82. The SMILES string of the molecule is CC1=C(C)C(=O)N(c2ncccc2Cl)C1=O. The van der Waals surface area contributed by atoms with E-state index in [-0.39, 0.29) is 22.7 Å². The highest BCUT2D eigenvalue weighted by molar-refractivity contribution is 6.38. The number of amides is 2. The fraction of sp³-hybridized carbons (Fsp3) is 0.182. The number of aromatic nitrogens is 1. The van der Waals surface area contributed by atoms with Gasteiger partial charge in [-0.15, -0.1) is 0 Å². The molecule has 4 nitrogen and oxygen atoms in total. The summed E-state index contributed by atoms with van der Waals surface area (Å²) < 4.78 is 0. The average molecular weight is 237 g/mol. The van der Waals surface area contributed by atoms with Crippen LogP contribution in [-0.4, -0.2) is 16.8 Å². The van der Waals surface area contributed by atoms with E-state index in [0.717, 1.165) is 4.90 Å². The number of carbonyl (C=O) groups is 2. The molecule has 0 saturated heterocycles. The van der Waals surface area contributed by atoms with Crippen molar-refractivity contribution in [2.24, 2.45) is 0 Å². The first-order valence-corrected chi connectivity index (χ1v) is 5.08. The molecule has 0 unspecified atom stereocenters. The molecule has 0 N–H and O–H groups in total. The van der Waals surface area contributed by atoms with Gasteiger partial charge in [0.1, 0.15) is 0 Å². The lowest BCUT2D eigenvalue weighted by atomic mass is 10.2. The molecular weight excluding hydrogens is 228 g/mol.